The Labute approximate surface area is 117 Å². The van der Waals surface area contributed by atoms with E-state index >= 15 is 0 Å². The van der Waals surface area contributed by atoms with Gasteiger partial charge in [-0.2, -0.15) is 11.3 Å². The van der Waals surface area contributed by atoms with Crippen LogP contribution in [0.3, 0.4) is 0 Å². The van der Waals surface area contributed by atoms with Gasteiger partial charge in [0.15, 0.2) is 0 Å². The summed E-state index contributed by atoms with van der Waals surface area (Å²) in [5.41, 5.74) is 7.80. The molecule has 1 aromatic carbocycles. The molecule has 102 valence electrons. The molecule has 0 aliphatic heterocycles. The fraction of sp³-hybridized carbons (Fsp3) is 0.231. The van der Waals surface area contributed by atoms with Crippen molar-refractivity contribution in [2.24, 2.45) is 0 Å². The van der Waals surface area contributed by atoms with Crippen molar-refractivity contribution in [2.45, 2.75) is 24.8 Å². The standard InChI is InChI=1S/C13H16N2O2S2/c1-9-7-12(14)3-4-13(9)19(16,17)15-10(2)11-5-6-18-8-11/h3-8,10,15H,14H2,1-2H3. The minimum absolute atomic E-state index is 0.256. The molecule has 2 aromatic rings. The first kappa shape index (κ1) is 14.0. The van der Waals surface area contributed by atoms with Crippen molar-refractivity contribution in [1.29, 1.82) is 0 Å². The van der Waals surface area contributed by atoms with Crippen LogP contribution in [0.25, 0.3) is 0 Å². The largest absolute Gasteiger partial charge is 0.399 e. The van der Waals surface area contributed by atoms with Crippen LogP contribution in [0, 0.1) is 6.92 Å². The number of sulfonamides is 1. The van der Waals surface area contributed by atoms with Crippen molar-refractivity contribution in [1.82, 2.24) is 4.72 Å². The number of nitrogen functional groups attached to an aromatic ring is 1. The fourth-order valence-electron chi connectivity index (χ4n) is 1.86. The summed E-state index contributed by atoms with van der Waals surface area (Å²) in [7, 11) is -3.53. The van der Waals surface area contributed by atoms with E-state index in [4.69, 9.17) is 5.73 Å². The molecule has 1 aromatic heterocycles. The first-order valence-electron chi connectivity index (χ1n) is 5.81. The van der Waals surface area contributed by atoms with Gasteiger partial charge < -0.3 is 5.73 Å². The van der Waals surface area contributed by atoms with E-state index in [2.05, 4.69) is 4.72 Å². The van der Waals surface area contributed by atoms with Gasteiger partial charge in [-0.15, -0.1) is 0 Å². The van der Waals surface area contributed by atoms with Crippen molar-refractivity contribution < 1.29 is 8.42 Å². The SMILES string of the molecule is Cc1cc(N)ccc1S(=O)(=O)NC(C)c1ccsc1. The third kappa shape index (κ3) is 3.15. The van der Waals surface area contributed by atoms with E-state index in [1.807, 2.05) is 23.8 Å². The van der Waals surface area contributed by atoms with Crippen LogP contribution in [0.5, 0.6) is 0 Å². The Morgan fingerprint density at radius 2 is 2.05 bits per heavy atom. The van der Waals surface area contributed by atoms with Gasteiger partial charge in [0, 0.05) is 11.7 Å². The molecule has 6 heteroatoms. The van der Waals surface area contributed by atoms with Crippen LogP contribution in [-0.4, -0.2) is 8.42 Å². The Morgan fingerprint density at radius 3 is 2.63 bits per heavy atom. The van der Waals surface area contributed by atoms with E-state index in [1.165, 1.54) is 6.07 Å². The van der Waals surface area contributed by atoms with E-state index in [0.29, 0.717) is 11.3 Å². The number of benzene rings is 1. The molecule has 0 bridgehead atoms. The second-order valence-electron chi connectivity index (χ2n) is 4.42. The Bertz CT molecular complexity index is 664. The molecule has 1 unspecified atom stereocenters. The number of rotatable bonds is 4. The number of hydrogen-bond donors (Lipinski definition) is 2. The summed E-state index contributed by atoms with van der Waals surface area (Å²) < 4.78 is 27.3. The van der Waals surface area contributed by atoms with Gasteiger partial charge in [-0.05, 0) is 60.0 Å². The van der Waals surface area contributed by atoms with Gasteiger partial charge in [-0.1, -0.05) is 0 Å². The van der Waals surface area contributed by atoms with Crippen LogP contribution in [0.4, 0.5) is 5.69 Å². The van der Waals surface area contributed by atoms with Crippen molar-refractivity contribution in [2.75, 3.05) is 5.73 Å². The zero-order valence-electron chi connectivity index (χ0n) is 10.8. The number of nitrogens with two attached hydrogens (primary N) is 1. The molecule has 1 atom stereocenters. The van der Waals surface area contributed by atoms with E-state index in [1.54, 1.807) is 30.4 Å². The number of nitrogens with one attached hydrogen (secondary N) is 1. The Balaban J connectivity index is 2.28. The predicted octanol–water partition coefficient (Wildman–Crippen LogP) is 2.68. The highest BCUT2D eigenvalue weighted by atomic mass is 32.2. The third-order valence-electron chi connectivity index (χ3n) is 2.86. The lowest BCUT2D eigenvalue weighted by Gasteiger charge is -2.14. The first-order chi connectivity index (χ1) is 8.90. The highest BCUT2D eigenvalue weighted by molar-refractivity contribution is 7.89. The number of aryl methyl sites for hydroxylation is 1. The van der Waals surface area contributed by atoms with Crippen molar-refractivity contribution in [3.05, 3.63) is 46.2 Å². The average Bonchev–Trinajstić information content (AvgIpc) is 2.80. The first-order valence-corrected chi connectivity index (χ1v) is 8.23. The Kier molecular flexibility index (Phi) is 3.93. The van der Waals surface area contributed by atoms with Gasteiger partial charge in [0.25, 0.3) is 0 Å². The molecule has 3 N–H and O–H groups in total. The third-order valence-corrected chi connectivity index (χ3v) is 5.27. The van der Waals surface area contributed by atoms with Crippen LogP contribution >= 0.6 is 11.3 Å². The van der Waals surface area contributed by atoms with Gasteiger partial charge in [-0.3, -0.25) is 0 Å². The highest BCUT2D eigenvalue weighted by Gasteiger charge is 2.20. The summed E-state index contributed by atoms with van der Waals surface area (Å²) in [6, 6.07) is 6.44. The highest BCUT2D eigenvalue weighted by Crippen LogP contribution is 2.22. The van der Waals surface area contributed by atoms with Crippen LogP contribution in [0.1, 0.15) is 24.1 Å². The van der Waals surface area contributed by atoms with Gasteiger partial charge in [0.2, 0.25) is 10.0 Å². The topological polar surface area (TPSA) is 72.2 Å². The molecule has 0 radical (unpaired) electrons. The van der Waals surface area contributed by atoms with Gasteiger partial charge >= 0.3 is 0 Å². The van der Waals surface area contributed by atoms with Crippen LogP contribution in [-0.2, 0) is 10.0 Å². The van der Waals surface area contributed by atoms with Crippen LogP contribution in [0.2, 0.25) is 0 Å². The lowest BCUT2D eigenvalue weighted by molar-refractivity contribution is 0.566. The van der Waals surface area contributed by atoms with E-state index < -0.39 is 10.0 Å². The molecule has 0 saturated heterocycles. The smallest absolute Gasteiger partial charge is 0.241 e. The van der Waals surface area contributed by atoms with E-state index in [-0.39, 0.29) is 10.9 Å². The normalized spacial score (nSPS) is 13.4. The van der Waals surface area contributed by atoms with Crippen LogP contribution in [0.15, 0.2) is 39.9 Å². The zero-order valence-corrected chi connectivity index (χ0v) is 12.4. The summed E-state index contributed by atoms with van der Waals surface area (Å²) in [4.78, 5) is 0.267. The maximum Gasteiger partial charge on any atom is 0.241 e. The van der Waals surface area contributed by atoms with Gasteiger partial charge in [0.05, 0.1) is 4.90 Å². The predicted molar refractivity (Wildman–Crippen MR) is 78.6 cm³/mol. The number of anilines is 1. The second kappa shape index (κ2) is 5.32. The molecule has 0 spiro atoms. The lowest BCUT2D eigenvalue weighted by Crippen LogP contribution is -2.27. The molecule has 0 aliphatic rings. The van der Waals surface area contributed by atoms with Crippen molar-refractivity contribution in [3.63, 3.8) is 0 Å². The van der Waals surface area contributed by atoms with E-state index in [0.717, 1.165) is 5.56 Å². The maximum absolute atomic E-state index is 12.3. The number of thiophene rings is 1. The van der Waals surface area contributed by atoms with Gasteiger partial charge in [-0.25, -0.2) is 13.1 Å². The maximum atomic E-state index is 12.3. The van der Waals surface area contributed by atoms with Crippen molar-refractivity contribution >= 4 is 27.0 Å². The molecule has 0 aliphatic carbocycles. The molecule has 0 amide bonds. The minimum Gasteiger partial charge on any atom is -0.399 e. The molecule has 2 rings (SSSR count). The average molecular weight is 296 g/mol. The zero-order chi connectivity index (χ0) is 14.0. The Morgan fingerprint density at radius 1 is 1.32 bits per heavy atom. The monoisotopic (exact) mass is 296 g/mol. The van der Waals surface area contributed by atoms with Gasteiger partial charge in [0.1, 0.15) is 0 Å². The molecule has 0 saturated carbocycles. The summed E-state index contributed by atoms with van der Waals surface area (Å²) in [5.74, 6) is 0. The van der Waals surface area contributed by atoms with Crippen LogP contribution < -0.4 is 10.5 Å². The molecule has 0 fully saturated rings. The summed E-state index contributed by atoms with van der Waals surface area (Å²) in [6.07, 6.45) is 0. The van der Waals surface area contributed by atoms with Crippen molar-refractivity contribution in [3.8, 4) is 0 Å². The Hall–Kier alpha value is -1.37. The van der Waals surface area contributed by atoms with E-state index in [9.17, 15) is 8.42 Å². The summed E-state index contributed by atoms with van der Waals surface area (Å²) in [6.45, 7) is 3.56. The minimum atomic E-state index is -3.53. The second-order valence-corrected chi connectivity index (χ2v) is 6.89. The summed E-state index contributed by atoms with van der Waals surface area (Å²) in [5, 5.41) is 3.86. The molecule has 19 heavy (non-hydrogen) atoms. The molecular formula is C13H16N2O2S2. The molecular weight excluding hydrogens is 280 g/mol. The number of hydrogen-bond acceptors (Lipinski definition) is 4. The quantitative estimate of drug-likeness (QED) is 0.852. The molecule has 1 heterocycles. The summed E-state index contributed by atoms with van der Waals surface area (Å²) >= 11 is 1.54. The molecule has 4 nitrogen and oxygen atoms in total. The fourth-order valence-corrected chi connectivity index (χ4v) is 4.07. The lowest BCUT2D eigenvalue weighted by atomic mass is 10.2.